The molecule has 0 radical (unpaired) electrons. The number of rotatable bonds is 5. The fourth-order valence-corrected chi connectivity index (χ4v) is 3.40. The molecule has 1 aliphatic carbocycles. The van der Waals surface area contributed by atoms with Gasteiger partial charge in [-0.05, 0) is 43.9 Å². The van der Waals surface area contributed by atoms with Gasteiger partial charge in [0, 0.05) is 28.2 Å². The Bertz CT molecular complexity index is 432. The summed E-state index contributed by atoms with van der Waals surface area (Å²) in [5.41, 5.74) is 0.697. The van der Waals surface area contributed by atoms with E-state index in [9.17, 15) is 5.11 Å². The Morgan fingerprint density at radius 1 is 1.25 bits per heavy atom. The van der Waals surface area contributed by atoms with Gasteiger partial charge in [0.1, 0.15) is 0 Å². The van der Waals surface area contributed by atoms with Crippen LogP contribution in [0.5, 0.6) is 0 Å². The minimum absolute atomic E-state index is 0.433. The highest BCUT2D eigenvalue weighted by atomic mass is 35.5. The number of aliphatic hydroxyl groups excluding tert-OH is 1. The van der Waals surface area contributed by atoms with Gasteiger partial charge in [0.15, 0.2) is 0 Å². The van der Waals surface area contributed by atoms with E-state index in [4.69, 9.17) is 23.2 Å². The molecule has 2 nitrogen and oxygen atoms in total. The molecule has 0 spiro atoms. The molecule has 0 bridgehead atoms. The largest absolute Gasteiger partial charge is 0.387 e. The van der Waals surface area contributed by atoms with E-state index >= 15 is 0 Å². The third-order valence-corrected chi connectivity index (χ3v) is 4.89. The summed E-state index contributed by atoms with van der Waals surface area (Å²) in [6.45, 7) is 2.72. The van der Waals surface area contributed by atoms with Crippen LogP contribution in [0.3, 0.4) is 0 Å². The minimum atomic E-state index is -0.618. The van der Waals surface area contributed by atoms with E-state index in [-0.39, 0.29) is 0 Å². The van der Waals surface area contributed by atoms with Gasteiger partial charge in [-0.25, -0.2) is 0 Å². The van der Waals surface area contributed by atoms with E-state index in [0.717, 1.165) is 5.92 Å². The van der Waals surface area contributed by atoms with E-state index in [1.807, 2.05) is 0 Å². The zero-order valence-corrected chi connectivity index (χ0v) is 13.4. The molecule has 2 rings (SSSR count). The zero-order valence-electron chi connectivity index (χ0n) is 11.9. The lowest BCUT2D eigenvalue weighted by molar-refractivity contribution is 0.161. The lowest BCUT2D eigenvalue weighted by atomic mass is 9.84. The highest BCUT2D eigenvalue weighted by Gasteiger charge is 2.21. The predicted molar refractivity (Wildman–Crippen MR) is 85.5 cm³/mol. The maximum atomic E-state index is 10.3. The van der Waals surface area contributed by atoms with Crippen LogP contribution < -0.4 is 5.32 Å². The van der Waals surface area contributed by atoms with Crippen molar-refractivity contribution in [1.82, 2.24) is 5.32 Å². The van der Waals surface area contributed by atoms with Gasteiger partial charge in [-0.3, -0.25) is 0 Å². The molecular weight excluding hydrogens is 293 g/mol. The van der Waals surface area contributed by atoms with Crippen molar-refractivity contribution >= 4 is 23.2 Å². The average Bonchev–Trinajstić information content (AvgIpc) is 2.47. The van der Waals surface area contributed by atoms with Gasteiger partial charge < -0.3 is 10.4 Å². The fraction of sp³-hybridized carbons (Fsp3) is 0.625. The summed E-state index contributed by atoms with van der Waals surface area (Å²) in [6.07, 6.45) is 6.00. The Morgan fingerprint density at radius 2 is 1.95 bits per heavy atom. The summed E-state index contributed by atoms with van der Waals surface area (Å²) < 4.78 is 0. The average molecular weight is 316 g/mol. The van der Waals surface area contributed by atoms with Crippen LogP contribution in [0.25, 0.3) is 0 Å². The second kappa shape index (κ2) is 7.65. The molecule has 2 atom stereocenters. The number of aliphatic hydroxyl groups is 1. The summed E-state index contributed by atoms with van der Waals surface area (Å²) in [5.74, 6) is 0.728. The second-order valence-electron chi connectivity index (χ2n) is 5.78. The second-order valence-corrected chi connectivity index (χ2v) is 6.62. The van der Waals surface area contributed by atoms with Gasteiger partial charge in [0.2, 0.25) is 0 Å². The predicted octanol–water partition coefficient (Wildman–Crippen LogP) is 4.59. The molecule has 1 aliphatic rings. The lowest BCUT2D eigenvalue weighted by Gasteiger charge is -2.29. The van der Waals surface area contributed by atoms with Crippen LogP contribution in [-0.2, 0) is 0 Å². The van der Waals surface area contributed by atoms with Crippen LogP contribution in [0.4, 0.5) is 0 Å². The summed E-state index contributed by atoms with van der Waals surface area (Å²) >= 11 is 12.1. The molecule has 0 aromatic heterocycles. The molecule has 4 heteroatoms. The number of benzene rings is 1. The third-order valence-electron chi connectivity index (χ3n) is 4.31. The van der Waals surface area contributed by atoms with Crippen LogP contribution in [0.15, 0.2) is 18.2 Å². The third kappa shape index (κ3) is 4.36. The molecule has 2 N–H and O–H groups in total. The minimum Gasteiger partial charge on any atom is -0.387 e. The van der Waals surface area contributed by atoms with Crippen LogP contribution in [0, 0.1) is 5.92 Å². The smallest absolute Gasteiger partial charge is 0.0929 e. The van der Waals surface area contributed by atoms with Crippen molar-refractivity contribution in [3.63, 3.8) is 0 Å². The highest BCUT2D eigenvalue weighted by molar-refractivity contribution is 6.33. The Balaban J connectivity index is 1.87. The van der Waals surface area contributed by atoms with Crippen LogP contribution in [0.2, 0.25) is 10.0 Å². The Labute approximate surface area is 131 Å². The quantitative estimate of drug-likeness (QED) is 0.833. The highest BCUT2D eigenvalue weighted by Crippen LogP contribution is 2.28. The molecule has 1 aromatic rings. The van der Waals surface area contributed by atoms with Gasteiger partial charge in [0.05, 0.1) is 6.10 Å². The van der Waals surface area contributed by atoms with Gasteiger partial charge in [-0.1, -0.05) is 42.5 Å². The molecule has 0 heterocycles. The Kier molecular flexibility index (Phi) is 6.16. The van der Waals surface area contributed by atoms with Crippen molar-refractivity contribution < 1.29 is 5.11 Å². The van der Waals surface area contributed by atoms with E-state index in [1.165, 1.54) is 32.1 Å². The number of nitrogens with one attached hydrogen (secondary N) is 1. The molecule has 0 amide bonds. The van der Waals surface area contributed by atoms with Gasteiger partial charge in [-0.15, -0.1) is 0 Å². The van der Waals surface area contributed by atoms with Gasteiger partial charge in [-0.2, -0.15) is 0 Å². The Hall–Kier alpha value is -0.280. The molecule has 1 aromatic carbocycles. The number of hydrogen-bond acceptors (Lipinski definition) is 2. The summed E-state index contributed by atoms with van der Waals surface area (Å²) in [6, 6.07) is 5.63. The van der Waals surface area contributed by atoms with Crippen molar-refractivity contribution in [1.29, 1.82) is 0 Å². The number of halogens is 2. The summed E-state index contributed by atoms with van der Waals surface area (Å²) in [4.78, 5) is 0. The van der Waals surface area contributed by atoms with Crippen LogP contribution in [-0.4, -0.2) is 17.7 Å². The standard InChI is InChI=1S/C16H23Cl2NO/c1-11(12-5-3-2-4-6-12)19-10-16(20)14-9-13(17)7-8-15(14)18/h7-9,11-12,16,19-20H,2-6,10H2,1H3/t11-,16?/m1/s1. The topological polar surface area (TPSA) is 32.3 Å². The summed E-state index contributed by atoms with van der Waals surface area (Å²) in [5, 5.41) is 14.9. The van der Waals surface area contributed by atoms with Crippen molar-refractivity contribution in [3.05, 3.63) is 33.8 Å². The first-order valence-corrected chi connectivity index (χ1v) is 8.20. The van der Waals surface area contributed by atoms with E-state index in [1.54, 1.807) is 18.2 Å². The molecule has 20 heavy (non-hydrogen) atoms. The molecule has 0 saturated heterocycles. The first-order chi connectivity index (χ1) is 9.58. The van der Waals surface area contributed by atoms with Crippen molar-refractivity contribution in [3.8, 4) is 0 Å². The normalized spacial score (nSPS) is 19.8. The molecule has 1 fully saturated rings. The van der Waals surface area contributed by atoms with E-state index in [2.05, 4.69) is 12.2 Å². The molecule has 1 saturated carbocycles. The number of hydrogen-bond donors (Lipinski definition) is 2. The molecule has 1 unspecified atom stereocenters. The van der Waals surface area contributed by atoms with Gasteiger partial charge >= 0.3 is 0 Å². The first kappa shape index (κ1) is 16.1. The van der Waals surface area contributed by atoms with Crippen molar-refractivity contribution in [2.24, 2.45) is 5.92 Å². The molecular formula is C16H23Cl2NO. The maximum Gasteiger partial charge on any atom is 0.0929 e. The van der Waals surface area contributed by atoms with Crippen LogP contribution >= 0.6 is 23.2 Å². The SMILES string of the molecule is C[C@@H](NCC(O)c1cc(Cl)ccc1Cl)C1CCCCC1. The summed E-state index contributed by atoms with van der Waals surface area (Å²) in [7, 11) is 0. The van der Waals surface area contributed by atoms with Gasteiger partial charge in [0.25, 0.3) is 0 Å². The Morgan fingerprint density at radius 3 is 2.65 bits per heavy atom. The van der Waals surface area contributed by atoms with E-state index < -0.39 is 6.10 Å². The van der Waals surface area contributed by atoms with Crippen molar-refractivity contribution in [2.75, 3.05) is 6.54 Å². The van der Waals surface area contributed by atoms with Crippen LogP contribution in [0.1, 0.15) is 50.7 Å². The van der Waals surface area contributed by atoms with Crippen molar-refractivity contribution in [2.45, 2.75) is 51.2 Å². The molecule has 0 aliphatic heterocycles. The molecule has 112 valence electrons. The maximum absolute atomic E-state index is 10.3. The van der Waals surface area contributed by atoms with E-state index in [0.29, 0.717) is 28.2 Å². The zero-order chi connectivity index (χ0) is 14.5. The lowest BCUT2D eigenvalue weighted by Crippen LogP contribution is -2.37. The monoisotopic (exact) mass is 315 g/mol. The first-order valence-electron chi connectivity index (χ1n) is 7.44. The fourth-order valence-electron chi connectivity index (χ4n) is 2.98.